The van der Waals surface area contributed by atoms with Crippen LogP contribution >= 0.6 is 11.6 Å². The summed E-state index contributed by atoms with van der Waals surface area (Å²) in [5.74, 6) is -0.612. The average molecular weight is 443 g/mol. The van der Waals surface area contributed by atoms with Gasteiger partial charge in [0.05, 0.1) is 31.0 Å². The van der Waals surface area contributed by atoms with Crippen LogP contribution in [0, 0.1) is 12.7 Å². The third kappa shape index (κ3) is 5.31. The van der Waals surface area contributed by atoms with E-state index in [9.17, 15) is 9.18 Å². The number of carbonyl (C=O) groups is 1. The number of amides is 1. The number of halogens is 2. The first-order valence-electron chi connectivity index (χ1n) is 10.2. The van der Waals surface area contributed by atoms with Gasteiger partial charge in [-0.1, -0.05) is 35.9 Å². The number of ether oxygens (including phenoxy) is 1. The summed E-state index contributed by atoms with van der Waals surface area (Å²) in [5, 5.41) is 7.58. The van der Waals surface area contributed by atoms with Crippen LogP contribution < -0.4 is 5.32 Å². The SMILES string of the molecule is Cc1nn(Cc2ccc(F)cc2)c(Cl)c1C(=O)Nc1cccc(CN2CCOCC2)c1. The Bertz CT molecular complexity index is 1060. The van der Waals surface area contributed by atoms with Crippen molar-refractivity contribution in [1.82, 2.24) is 14.7 Å². The minimum absolute atomic E-state index is 0.254. The van der Waals surface area contributed by atoms with E-state index in [-0.39, 0.29) is 16.9 Å². The van der Waals surface area contributed by atoms with Crippen LogP contribution in [0.25, 0.3) is 0 Å². The van der Waals surface area contributed by atoms with Crippen LogP contribution in [0.4, 0.5) is 10.1 Å². The van der Waals surface area contributed by atoms with Crippen molar-refractivity contribution >= 4 is 23.2 Å². The molecule has 0 spiro atoms. The first-order chi connectivity index (χ1) is 15.0. The summed E-state index contributed by atoms with van der Waals surface area (Å²) in [6.07, 6.45) is 0. The van der Waals surface area contributed by atoms with Crippen molar-refractivity contribution in [3.63, 3.8) is 0 Å². The van der Waals surface area contributed by atoms with Crippen molar-refractivity contribution in [2.75, 3.05) is 31.6 Å². The first-order valence-corrected chi connectivity index (χ1v) is 10.5. The molecule has 8 heteroatoms. The summed E-state index contributed by atoms with van der Waals surface area (Å²) >= 11 is 6.48. The van der Waals surface area contributed by atoms with Gasteiger partial charge in [0.15, 0.2) is 0 Å². The van der Waals surface area contributed by atoms with Gasteiger partial charge in [0.2, 0.25) is 0 Å². The molecule has 2 heterocycles. The molecule has 1 aliphatic rings. The van der Waals surface area contributed by atoms with Crippen molar-refractivity contribution in [3.8, 4) is 0 Å². The van der Waals surface area contributed by atoms with Crippen LogP contribution in [0.1, 0.15) is 27.2 Å². The van der Waals surface area contributed by atoms with E-state index in [0.717, 1.165) is 44.0 Å². The number of benzene rings is 2. The molecule has 0 atom stereocenters. The van der Waals surface area contributed by atoms with E-state index in [1.807, 2.05) is 24.3 Å². The lowest BCUT2D eigenvalue weighted by Gasteiger charge is -2.26. The second kappa shape index (κ2) is 9.60. The van der Waals surface area contributed by atoms with E-state index in [4.69, 9.17) is 16.3 Å². The van der Waals surface area contributed by atoms with Gasteiger partial charge in [0.25, 0.3) is 5.91 Å². The molecule has 0 unspecified atom stereocenters. The molecule has 3 aromatic rings. The Hall–Kier alpha value is -2.74. The van der Waals surface area contributed by atoms with Crippen LogP contribution in [0.2, 0.25) is 5.15 Å². The van der Waals surface area contributed by atoms with Crippen LogP contribution in [-0.2, 0) is 17.8 Å². The molecule has 31 heavy (non-hydrogen) atoms. The number of morpholine rings is 1. The Morgan fingerprint density at radius 1 is 1.13 bits per heavy atom. The van der Waals surface area contributed by atoms with Gasteiger partial charge in [0, 0.05) is 25.3 Å². The highest BCUT2D eigenvalue weighted by atomic mass is 35.5. The first kappa shape index (κ1) is 21.5. The number of hydrogen-bond donors (Lipinski definition) is 1. The zero-order valence-corrected chi connectivity index (χ0v) is 18.0. The lowest BCUT2D eigenvalue weighted by Crippen LogP contribution is -2.35. The van der Waals surface area contributed by atoms with E-state index in [1.165, 1.54) is 12.1 Å². The molecule has 1 amide bonds. The van der Waals surface area contributed by atoms with E-state index < -0.39 is 0 Å². The quantitative estimate of drug-likeness (QED) is 0.624. The van der Waals surface area contributed by atoms with Crippen molar-refractivity contribution in [1.29, 1.82) is 0 Å². The highest BCUT2D eigenvalue weighted by molar-refractivity contribution is 6.33. The highest BCUT2D eigenvalue weighted by Gasteiger charge is 2.21. The van der Waals surface area contributed by atoms with Crippen molar-refractivity contribution in [2.45, 2.75) is 20.0 Å². The Morgan fingerprint density at radius 2 is 1.87 bits per heavy atom. The fourth-order valence-electron chi connectivity index (χ4n) is 3.64. The van der Waals surface area contributed by atoms with Gasteiger partial charge in [-0.2, -0.15) is 5.10 Å². The number of anilines is 1. The molecule has 1 N–H and O–H groups in total. The molecule has 4 rings (SSSR count). The summed E-state index contributed by atoms with van der Waals surface area (Å²) < 4.78 is 20.1. The van der Waals surface area contributed by atoms with Crippen molar-refractivity contribution in [2.24, 2.45) is 0 Å². The standard InChI is InChI=1S/C23H24ClFN4O2/c1-16-21(22(24)29(27-16)15-17-5-7-19(25)8-6-17)23(30)26-20-4-2-3-18(13-20)14-28-9-11-31-12-10-28/h2-8,13H,9-12,14-15H2,1H3,(H,26,30). The lowest BCUT2D eigenvalue weighted by atomic mass is 10.1. The van der Waals surface area contributed by atoms with Crippen LogP contribution in [0.15, 0.2) is 48.5 Å². The summed E-state index contributed by atoms with van der Waals surface area (Å²) in [7, 11) is 0. The third-order valence-corrected chi connectivity index (χ3v) is 5.62. The van der Waals surface area contributed by atoms with Gasteiger partial charge >= 0.3 is 0 Å². The van der Waals surface area contributed by atoms with Gasteiger partial charge < -0.3 is 10.1 Å². The number of carbonyl (C=O) groups excluding carboxylic acids is 1. The third-order valence-electron chi connectivity index (χ3n) is 5.23. The molecule has 1 aliphatic heterocycles. The largest absolute Gasteiger partial charge is 0.379 e. The van der Waals surface area contributed by atoms with Gasteiger partial charge in [-0.15, -0.1) is 0 Å². The molecule has 0 saturated carbocycles. The molecule has 2 aromatic carbocycles. The maximum absolute atomic E-state index is 13.1. The highest BCUT2D eigenvalue weighted by Crippen LogP contribution is 2.23. The fourth-order valence-corrected chi connectivity index (χ4v) is 3.96. The molecule has 0 bridgehead atoms. The maximum Gasteiger partial charge on any atom is 0.260 e. The summed E-state index contributed by atoms with van der Waals surface area (Å²) in [6, 6.07) is 13.9. The molecule has 0 radical (unpaired) electrons. The Labute approximate surface area is 185 Å². The maximum atomic E-state index is 13.1. The van der Waals surface area contributed by atoms with E-state index in [2.05, 4.69) is 15.3 Å². The number of aryl methyl sites for hydroxylation is 1. The molecule has 0 aliphatic carbocycles. The van der Waals surface area contributed by atoms with Crippen LogP contribution in [0.3, 0.4) is 0 Å². The van der Waals surface area contributed by atoms with E-state index in [0.29, 0.717) is 23.5 Å². The normalized spacial score (nSPS) is 14.5. The number of rotatable bonds is 6. The number of hydrogen-bond acceptors (Lipinski definition) is 4. The van der Waals surface area contributed by atoms with E-state index >= 15 is 0 Å². The zero-order valence-electron chi connectivity index (χ0n) is 17.3. The van der Waals surface area contributed by atoms with Crippen LogP contribution in [0.5, 0.6) is 0 Å². The predicted octanol–water partition coefficient (Wildman–Crippen LogP) is 4.12. The summed E-state index contributed by atoms with van der Waals surface area (Å²) in [4.78, 5) is 15.3. The molecule has 1 aromatic heterocycles. The molecule has 1 fully saturated rings. The Kier molecular flexibility index (Phi) is 6.65. The summed E-state index contributed by atoms with van der Waals surface area (Å²) in [5.41, 5.74) is 3.54. The Balaban J connectivity index is 1.46. The summed E-state index contributed by atoms with van der Waals surface area (Å²) in [6.45, 7) is 6.20. The molecule has 6 nitrogen and oxygen atoms in total. The van der Waals surface area contributed by atoms with Gasteiger partial charge in [-0.25, -0.2) is 9.07 Å². The van der Waals surface area contributed by atoms with Gasteiger partial charge in [-0.3, -0.25) is 9.69 Å². The van der Waals surface area contributed by atoms with E-state index in [1.54, 1.807) is 23.7 Å². The number of nitrogens with zero attached hydrogens (tertiary/aromatic N) is 3. The number of nitrogens with one attached hydrogen (secondary N) is 1. The Morgan fingerprint density at radius 3 is 2.61 bits per heavy atom. The van der Waals surface area contributed by atoms with Gasteiger partial charge in [-0.05, 0) is 42.3 Å². The predicted molar refractivity (Wildman–Crippen MR) is 118 cm³/mol. The average Bonchev–Trinajstić information content (AvgIpc) is 3.03. The smallest absolute Gasteiger partial charge is 0.260 e. The van der Waals surface area contributed by atoms with Crippen molar-refractivity contribution < 1.29 is 13.9 Å². The second-order valence-electron chi connectivity index (χ2n) is 7.58. The zero-order chi connectivity index (χ0) is 21.8. The second-order valence-corrected chi connectivity index (χ2v) is 7.94. The van der Waals surface area contributed by atoms with Crippen LogP contribution in [-0.4, -0.2) is 46.9 Å². The monoisotopic (exact) mass is 442 g/mol. The molecular weight excluding hydrogens is 419 g/mol. The lowest BCUT2D eigenvalue weighted by molar-refractivity contribution is 0.0342. The van der Waals surface area contributed by atoms with Crippen molar-refractivity contribution in [3.05, 3.63) is 81.9 Å². The molecule has 1 saturated heterocycles. The molecular formula is C23H24ClFN4O2. The minimum atomic E-state index is -0.309. The topological polar surface area (TPSA) is 59.4 Å². The van der Waals surface area contributed by atoms with Gasteiger partial charge in [0.1, 0.15) is 11.0 Å². The fraction of sp³-hybridized carbons (Fsp3) is 0.304. The molecule has 162 valence electrons. The number of aromatic nitrogens is 2. The minimum Gasteiger partial charge on any atom is -0.379 e.